The summed E-state index contributed by atoms with van der Waals surface area (Å²) in [5.41, 5.74) is 0.591. The van der Waals surface area contributed by atoms with Crippen LogP contribution in [-0.4, -0.2) is 55.2 Å². The van der Waals surface area contributed by atoms with E-state index < -0.39 is 0 Å². The molecule has 4 aliphatic carbocycles. The molecule has 6 rings (SSSR count). The first-order valence-corrected chi connectivity index (χ1v) is 9.97. The molecule has 0 aromatic rings. The number of carbonyl (C=O) groups excluding carboxylic acids is 1. The van der Waals surface area contributed by atoms with Crippen LogP contribution in [0.1, 0.15) is 51.4 Å². The third-order valence-corrected chi connectivity index (χ3v) is 7.67. The summed E-state index contributed by atoms with van der Waals surface area (Å²) >= 11 is 0. The number of rotatable bonds is 2. The van der Waals surface area contributed by atoms with Crippen molar-refractivity contribution >= 4 is 5.91 Å². The minimum Gasteiger partial charge on any atom is -0.368 e. The van der Waals surface area contributed by atoms with Gasteiger partial charge < -0.3 is 14.5 Å². The zero-order valence-electron chi connectivity index (χ0n) is 14.3. The third-order valence-electron chi connectivity index (χ3n) is 7.67. The van der Waals surface area contributed by atoms with Crippen LogP contribution in [0.3, 0.4) is 0 Å². The van der Waals surface area contributed by atoms with E-state index >= 15 is 0 Å². The highest BCUT2D eigenvalue weighted by Crippen LogP contribution is 2.54. The van der Waals surface area contributed by atoms with Gasteiger partial charge in [-0.25, -0.2) is 0 Å². The van der Waals surface area contributed by atoms with E-state index in [1.807, 2.05) is 4.90 Å². The molecule has 0 radical (unpaired) electrons. The van der Waals surface area contributed by atoms with Gasteiger partial charge in [0.15, 0.2) is 0 Å². The average molecular weight is 319 g/mol. The molecule has 6 fully saturated rings. The van der Waals surface area contributed by atoms with Crippen molar-refractivity contribution in [2.24, 2.45) is 17.8 Å². The molecule has 1 N–H and O–H groups in total. The van der Waals surface area contributed by atoms with Gasteiger partial charge in [0.1, 0.15) is 6.10 Å². The number of nitrogens with one attached hydrogen (secondary N) is 1. The first-order valence-electron chi connectivity index (χ1n) is 9.97. The van der Waals surface area contributed by atoms with E-state index in [4.69, 9.17) is 4.74 Å². The first kappa shape index (κ1) is 14.7. The maximum Gasteiger partial charge on any atom is 0.252 e. The maximum atomic E-state index is 12.5. The Morgan fingerprint density at radius 2 is 1.61 bits per heavy atom. The van der Waals surface area contributed by atoms with Crippen LogP contribution in [-0.2, 0) is 9.53 Å². The molecule has 0 aromatic heterocycles. The maximum absolute atomic E-state index is 12.5. The summed E-state index contributed by atoms with van der Waals surface area (Å²) in [6.45, 7) is 5.02. The Kier molecular flexibility index (Phi) is 3.49. The van der Waals surface area contributed by atoms with Gasteiger partial charge in [-0.05, 0) is 49.9 Å². The molecule has 1 atom stereocenters. The first-order chi connectivity index (χ1) is 11.2. The molecule has 6 aliphatic rings. The fourth-order valence-corrected chi connectivity index (χ4v) is 7.05. The largest absolute Gasteiger partial charge is 0.368 e. The highest BCUT2D eigenvalue weighted by Gasteiger charge is 2.56. The van der Waals surface area contributed by atoms with Crippen LogP contribution in [0.25, 0.3) is 0 Å². The Balaban J connectivity index is 1.24. The number of hydrogen-bond donors (Lipinski definition) is 1. The Morgan fingerprint density at radius 1 is 1.00 bits per heavy atom. The summed E-state index contributed by atoms with van der Waals surface area (Å²) in [6, 6.07) is 0. The van der Waals surface area contributed by atoms with E-state index in [1.165, 1.54) is 51.6 Å². The van der Waals surface area contributed by atoms with Crippen LogP contribution in [0.4, 0.5) is 0 Å². The van der Waals surface area contributed by atoms with Gasteiger partial charge in [0.2, 0.25) is 0 Å². The van der Waals surface area contributed by atoms with Crippen LogP contribution in [0, 0.1) is 17.8 Å². The van der Waals surface area contributed by atoms with Crippen LogP contribution < -0.4 is 4.90 Å². The number of nitrogens with zero attached hydrogens (tertiary/aromatic N) is 1. The van der Waals surface area contributed by atoms with E-state index in [0.717, 1.165) is 50.3 Å². The van der Waals surface area contributed by atoms with Crippen molar-refractivity contribution in [1.29, 1.82) is 0 Å². The lowest BCUT2D eigenvalue weighted by molar-refractivity contribution is -0.962. The lowest BCUT2D eigenvalue weighted by Gasteiger charge is -2.59. The SMILES string of the molecule is O=C([C@H]1CCCO1)N1CC[NH+](C23CC4CC(CC(C4)C2)C3)CC1. The van der Waals surface area contributed by atoms with Crippen molar-refractivity contribution in [2.45, 2.75) is 63.0 Å². The summed E-state index contributed by atoms with van der Waals surface area (Å²) < 4.78 is 5.60. The monoisotopic (exact) mass is 319 g/mol. The van der Waals surface area contributed by atoms with Gasteiger partial charge in [-0.2, -0.15) is 0 Å². The zero-order valence-corrected chi connectivity index (χ0v) is 14.3. The summed E-state index contributed by atoms with van der Waals surface area (Å²) in [5, 5.41) is 0. The topological polar surface area (TPSA) is 34.0 Å². The van der Waals surface area contributed by atoms with Gasteiger partial charge in [0.05, 0.1) is 31.7 Å². The van der Waals surface area contributed by atoms with E-state index in [1.54, 1.807) is 0 Å². The van der Waals surface area contributed by atoms with Crippen molar-refractivity contribution in [1.82, 2.24) is 4.90 Å². The van der Waals surface area contributed by atoms with Crippen LogP contribution in [0.2, 0.25) is 0 Å². The molecule has 0 aromatic carbocycles. The predicted molar refractivity (Wildman–Crippen MR) is 87.2 cm³/mol. The minimum absolute atomic E-state index is 0.129. The molecule has 128 valence electrons. The van der Waals surface area contributed by atoms with E-state index in [2.05, 4.69) is 4.90 Å². The lowest BCUT2D eigenvalue weighted by Crippen LogP contribution is -3.23. The molecule has 0 unspecified atom stereocenters. The molecule has 1 amide bonds. The van der Waals surface area contributed by atoms with Gasteiger partial charge in [0.25, 0.3) is 5.91 Å². The fourth-order valence-electron chi connectivity index (χ4n) is 7.05. The fraction of sp³-hybridized carbons (Fsp3) is 0.947. The Labute approximate surface area is 139 Å². The third kappa shape index (κ3) is 2.44. The number of quaternary nitrogens is 1. The van der Waals surface area contributed by atoms with Crippen LogP contribution in [0.5, 0.6) is 0 Å². The molecule has 4 bridgehead atoms. The molecule has 4 nitrogen and oxygen atoms in total. The van der Waals surface area contributed by atoms with Crippen molar-refractivity contribution < 1.29 is 14.4 Å². The summed E-state index contributed by atoms with van der Waals surface area (Å²) in [7, 11) is 0. The van der Waals surface area contributed by atoms with Gasteiger partial charge in [-0.3, -0.25) is 4.79 Å². The second kappa shape index (κ2) is 5.45. The molecule has 4 saturated carbocycles. The van der Waals surface area contributed by atoms with E-state index in [-0.39, 0.29) is 12.0 Å². The molecular formula is C19H31N2O2+. The van der Waals surface area contributed by atoms with Gasteiger partial charge in [0, 0.05) is 25.9 Å². The van der Waals surface area contributed by atoms with Crippen molar-refractivity contribution in [3.8, 4) is 0 Å². The average Bonchev–Trinajstić information content (AvgIpc) is 3.07. The Morgan fingerprint density at radius 3 is 2.13 bits per heavy atom. The van der Waals surface area contributed by atoms with E-state index in [0.29, 0.717) is 5.54 Å². The van der Waals surface area contributed by atoms with Gasteiger partial charge in [-0.15, -0.1) is 0 Å². The minimum atomic E-state index is -0.129. The number of amides is 1. The smallest absolute Gasteiger partial charge is 0.252 e. The highest BCUT2D eigenvalue weighted by atomic mass is 16.5. The summed E-state index contributed by atoms with van der Waals surface area (Å²) in [5.74, 6) is 3.35. The van der Waals surface area contributed by atoms with Crippen LogP contribution in [0.15, 0.2) is 0 Å². The molecule has 2 heterocycles. The second-order valence-electron chi connectivity index (χ2n) is 9.13. The van der Waals surface area contributed by atoms with Gasteiger partial charge >= 0.3 is 0 Å². The second-order valence-corrected chi connectivity index (χ2v) is 9.13. The molecular weight excluding hydrogens is 288 g/mol. The molecule has 4 heteroatoms. The number of piperazine rings is 1. The quantitative estimate of drug-likeness (QED) is 0.819. The lowest BCUT2D eigenvalue weighted by atomic mass is 9.52. The number of hydrogen-bond acceptors (Lipinski definition) is 2. The Bertz CT molecular complexity index is 442. The predicted octanol–water partition coefficient (Wildman–Crippen LogP) is 0.861. The number of ether oxygens (including phenoxy) is 1. The molecule has 2 aliphatic heterocycles. The molecule has 23 heavy (non-hydrogen) atoms. The molecule has 2 saturated heterocycles. The standard InChI is InChI=1S/C19H30N2O2/c22-18(17-2-1-7-23-17)20-3-5-21(6-4-20)19-11-14-8-15(12-19)10-16(9-14)13-19/h14-17H,1-13H2/p+1/t14?,15?,16?,17-,19?/m1/s1. The van der Waals surface area contributed by atoms with Gasteiger partial charge in [-0.1, -0.05) is 0 Å². The van der Waals surface area contributed by atoms with Crippen LogP contribution >= 0.6 is 0 Å². The molecule has 0 spiro atoms. The summed E-state index contributed by atoms with van der Waals surface area (Å²) in [6.07, 6.45) is 10.9. The Hall–Kier alpha value is -0.610. The van der Waals surface area contributed by atoms with Crippen molar-refractivity contribution in [2.75, 3.05) is 32.8 Å². The summed E-state index contributed by atoms with van der Waals surface area (Å²) in [4.78, 5) is 16.5. The zero-order chi connectivity index (χ0) is 15.4. The van der Waals surface area contributed by atoms with Crippen molar-refractivity contribution in [3.05, 3.63) is 0 Å². The van der Waals surface area contributed by atoms with Crippen molar-refractivity contribution in [3.63, 3.8) is 0 Å². The highest BCUT2D eigenvalue weighted by molar-refractivity contribution is 5.81. The number of carbonyl (C=O) groups is 1. The van der Waals surface area contributed by atoms with E-state index in [9.17, 15) is 4.79 Å². The normalized spacial score (nSPS) is 46.5.